The van der Waals surface area contributed by atoms with E-state index in [0.717, 1.165) is 6.54 Å². The van der Waals surface area contributed by atoms with E-state index in [2.05, 4.69) is 10.0 Å². The minimum atomic E-state index is -3.46. The minimum Gasteiger partial charge on any atom is -0.381 e. The molecule has 1 saturated heterocycles. The van der Waals surface area contributed by atoms with Gasteiger partial charge in [0.05, 0.1) is 18.9 Å². The van der Waals surface area contributed by atoms with Crippen LogP contribution in [-0.4, -0.2) is 69.9 Å². The third kappa shape index (κ3) is 5.35. The highest BCUT2D eigenvalue weighted by Gasteiger charge is 2.28. The van der Waals surface area contributed by atoms with E-state index < -0.39 is 10.0 Å². The molecular formula is C12H25N3O4S. The zero-order chi connectivity index (χ0) is 15.2. The molecule has 7 nitrogen and oxygen atoms in total. The molecule has 20 heavy (non-hydrogen) atoms. The summed E-state index contributed by atoms with van der Waals surface area (Å²) in [6.45, 7) is 7.53. The topological polar surface area (TPSA) is 87.7 Å². The molecule has 0 radical (unpaired) electrons. The molecule has 0 aromatic carbocycles. The Morgan fingerprint density at radius 1 is 1.45 bits per heavy atom. The zero-order valence-electron chi connectivity index (χ0n) is 12.4. The Morgan fingerprint density at radius 3 is 2.80 bits per heavy atom. The van der Waals surface area contributed by atoms with Crippen molar-refractivity contribution < 1.29 is 17.9 Å². The molecule has 1 amide bonds. The molecule has 0 aromatic rings. The summed E-state index contributed by atoms with van der Waals surface area (Å²) in [6.07, 6.45) is 0. The van der Waals surface area contributed by atoms with Crippen molar-refractivity contribution in [1.82, 2.24) is 14.9 Å². The molecule has 0 saturated carbocycles. The van der Waals surface area contributed by atoms with Crippen LogP contribution in [0, 0.1) is 0 Å². The van der Waals surface area contributed by atoms with Gasteiger partial charge < -0.3 is 15.0 Å². The normalized spacial score (nSPS) is 23.9. The number of rotatable bonds is 7. The fourth-order valence-corrected chi connectivity index (χ4v) is 2.89. The van der Waals surface area contributed by atoms with Gasteiger partial charge in [0.1, 0.15) is 0 Å². The summed E-state index contributed by atoms with van der Waals surface area (Å²) in [5.41, 5.74) is 0. The van der Waals surface area contributed by atoms with E-state index in [1.54, 1.807) is 11.8 Å². The van der Waals surface area contributed by atoms with Gasteiger partial charge in [0.25, 0.3) is 0 Å². The fourth-order valence-electron chi connectivity index (χ4n) is 2.07. The number of nitrogens with one attached hydrogen (secondary N) is 2. The largest absolute Gasteiger partial charge is 0.381 e. The van der Waals surface area contributed by atoms with Crippen LogP contribution in [0.3, 0.4) is 0 Å². The Bertz CT molecular complexity index is 413. The number of hydrogen-bond acceptors (Lipinski definition) is 5. The Kier molecular flexibility index (Phi) is 6.87. The maximum absolute atomic E-state index is 12.1. The summed E-state index contributed by atoms with van der Waals surface area (Å²) in [7, 11) is -3.46. The second kappa shape index (κ2) is 7.92. The quantitative estimate of drug-likeness (QED) is 0.598. The highest BCUT2D eigenvalue weighted by Crippen LogP contribution is 2.08. The van der Waals surface area contributed by atoms with Crippen LogP contribution in [-0.2, 0) is 19.6 Å². The van der Waals surface area contributed by atoms with Crippen LogP contribution in [0.2, 0.25) is 0 Å². The molecule has 1 aliphatic heterocycles. The van der Waals surface area contributed by atoms with Gasteiger partial charge in [-0.25, -0.2) is 13.1 Å². The number of amides is 1. The van der Waals surface area contributed by atoms with Crippen LogP contribution in [0.1, 0.15) is 20.8 Å². The van der Waals surface area contributed by atoms with Crippen LogP contribution in [0.25, 0.3) is 0 Å². The standard InChI is InChI=1S/C12H25N3O4S/c1-4-19-7-8-20(17,18)14-9-12(16)15-6-5-13-10(2)11(15)3/h10-11,13-14H,4-9H2,1-3H3. The summed E-state index contributed by atoms with van der Waals surface area (Å²) in [5, 5.41) is 3.27. The number of piperazine rings is 1. The molecule has 2 unspecified atom stereocenters. The predicted molar refractivity (Wildman–Crippen MR) is 76.9 cm³/mol. The first-order chi connectivity index (χ1) is 9.37. The number of hydrogen-bond donors (Lipinski definition) is 2. The Labute approximate surface area is 121 Å². The lowest BCUT2D eigenvalue weighted by Gasteiger charge is -2.38. The molecule has 2 atom stereocenters. The van der Waals surface area contributed by atoms with Crippen molar-refractivity contribution in [2.45, 2.75) is 32.9 Å². The van der Waals surface area contributed by atoms with Crippen molar-refractivity contribution in [2.24, 2.45) is 0 Å². The molecule has 0 spiro atoms. The van der Waals surface area contributed by atoms with Crippen LogP contribution >= 0.6 is 0 Å². The van der Waals surface area contributed by atoms with Gasteiger partial charge in [-0.1, -0.05) is 0 Å². The van der Waals surface area contributed by atoms with E-state index in [1.165, 1.54) is 0 Å². The maximum atomic E-state index is 12.1. The Hall–Kier alpha value is -0.700. The molecule has 2 N–H and O–H groups in total. The smallest absolute Gasteiger partial charge is 0.237 e. The monoisotopic (exact) mass is 307 g/mol. The van der Waals surface area contributed by atoms with E-state index in [-0.39, 0.29) is 36.9 Å². The predicted octanol–water partition coefficient (Wildman–Crippen LogP) is -0.849. The summed E-state index contributed by atoms with van der Waals surface area (Å²) >= 11 is 0. The van der Waals surface area contributed by atoms with Crippen LogP contribution < -0.4 is 10.0 Å². The van der Waals surface area contributed by atoms with Gasteiger partial charge in [-0.3, -0.25) is 4.79 Å². The summed E-state index contributed by atoms with van der Waals surface area (Å²) < 4.78 is 30.7. The Morgan fingerprint density at radius 2 is 2.15 bits per heavy atom. The molecule has 1 aliphatic rings. The van der Waals surface area contributed by atoms with Crippen molar-refractivity contribution in [1.29, 1.82) is 0 Å². The van der Waals surface area contributed by atoms with Crippen molar-refractivity contribution >= 4 is 15.9 Å². The van der Waals surface area contributed by atoms with E-state index in [9.17, 15) is 13.2 Å². The third-order valence-corrected chi connectivity index (χ3v) is 4.79. The first-order valence-electron chi connectivity index (χ1n) is 6.95. The molecule has 118 valence electrons. The lowest BCUT2D eigenvalue weighted by atomic mass is 10.1. The van der Waals surface area contributed by atoms with Crippen LogP contribution in [0.4, 0.5) is 0 Å². The molecule has 1 rings (SSSR count). The lowest BCUT2D eigenvalue weighted by molar-refractivity contribution is -0.133. The molecular weight excluding hydrogens is 282 g/mol. The average molecular weight is 307 g/mol. The van der Waals surface area contributed by atoms with Gasteiger partial charge in [-0.15, -0.1) is 0 Å². The Balaban J connectivity index is 2.42. The molecule has 8 heteroatoms. The first kappa shape index (κ1) is 17.4. The average Bonchev–Trinajstić information content (AvgIpc) is 2.39. The highest BCUT2D eigenvalue weighted by atomic mass is 32.2. The van der Waals surface area contributed by atoms with Gasteiger partial charge in [0.15, 0.2) is 0 Å². The molecule has 1 heterocycles. The number of carbonyl (C=O) groups is 1. The third-order valence-electron chi connectivity index (χ3n) is 3.50. The van der Waals surface area contributed by atoms with Crippen molar-refractivity contribution in [3.63, 3.8) is 0 Å². The fraction of sp³-hybridized carbons (Fsp3) is 0.917. The van der Waals surface area contributed by atoms with Gasteiger partial charge in [-0.2, -0.15) is 0 Å². The zero-order valence-corrected chi connectivity index (χ0v) is 13.2. The lowest BCUT2D eigenvalue weighted by Crippen LogP contribution is -2.58. The second-order valence-corrected chi connectivity index (χ2v) is 6.83. The van der Waals surface area contributed by atoms with E-state index in [0.29, 0.717) is 13.2 Å². The van der Waals surface area contributed by atoms with Gasteiger partial charge >= 0.3 is 0 Å². The minimum absolute atomic E-state index is 0.0594. The summed E-state index contributed by atoms with van der Waals surface area (Å²) in [5.74, 6) is -0.312. The molecule has 0 bridgehead atoms. The number of carbonyl (C=O) groups excluding carboxylic acids is 1. The van der Waals surface area contributed by atoms with Crippen LogP contribution in [0.5, 0.6) is 0 Å². The van der Waals surface area contributed by atoms with Gasteiger partial charge in [0.2, 0.25) is 15.9 Å². The van der Waals surface area contributed by atoms with Crippen molar-refractivity contribution in [3.05, 3.63) is 0 Å². The maximum Gasteiger partial charge on any atom is 0.237 e. The number of sulfonamides is 1. The first-order valence-corrected chi connectivity index (χ1v) is 8.60. The van der Waals surface area contributed by atoms with Crippen molar-refractivity contribution in [2.75, 3.05) is 38.6 Å². The van der Waals surface area contributed by atoms with E-state index in [4.69, 9.17) is 4.74 Å². The van der Waals surface area contributed by atoms with Gasteiger partial charge in [-0.05, 0) is 20.8 Å². The molecule has 1 fully saturated rings. The number of ether oxygens (including phenoxy) is 1. The second-order valence-electron chi connectivity index (χ2n) is 4.91. The number of nitrogens with zero attached hydrogens (tertiary/aromatic N) is 1. The SMILES string of the molecule is CCOCCS(=O)(=O)NCC(=O)N1CCNC(C)C1C. The van der Waals surface area contributed by atoms with Crippen LogP contribution in [0.15, 0.2) is 0 Å². The summed E-state index contributed by atoms with van der Waals surface area (Å²) in [6, 6.07) is 0.270. The summed E-state index contributed by atoms with van der Waals surface area (Å²) in [4.78, 5) is 13.8. The highest BCUT2D eigenvalue weighted by molar-refractivity contribution is 7.89. The molecule has 0 aliphatic carbocycles. The van der Waals surface area contributed by atoms with Crippen molar-refractivity contribution in [3.8, 4) is 0 Å². The van der Waals surface area contributed by atoms with Gasteiger partial charge in [0, 0.05) is 31.8 Å². The van der Waals surface area contributed by atoms with E-state index in [1.807, 2.05) is 13.8 Å². The van der Waals surface area contributed by atoms with E-state index >= 15 is 0 Å². The molecule has 0 aromatic heterocycles.